The average molecular weight is 459 g/mol. The smallest absolute Gasteiger partial charge is 0.265 e. The summed E-state index contributed by atoms with van der Waals surface area (Å²) in [5.74, 6) is -2.70. The molecule has 0 spiro atoms. The van der Waals surface area contributed by atoms with E-state index < -0.39 is 45.7 Å². The lowest BCUT2D eigenvalue weighted by atomic mass is 10.1. The molecule has 9 nitrogen and oxygen atoms in total. The minimum atomic E-state index is -3.72. The molecule has 1 unspecified atom stereocenters. The van der Waals surface area contributed by atoms with Crippen LogP contribution >= 0.6 is 0 Å². The van der Waals surface area contributed by atoms with E-state index in [0.717, 1.165) is 18.4 Å². The van der Waals surface area contributed by atoms with Gasteiger partial charge in [-0.25, -0.2) is 8.78 Å². The summed E-state index contributed by atoms with van der Waals surface area (Å²) in [6.45, 7) is 3.25. The van der Waals surface area contributed by atoms with E-state index in [1.54, 1.807) is 0 Å². The zero-order valence-corrected chi connectivity index (χ0v) is 18.0. The van der Waals surface area contributed by atoms with E-state index in [0.29, 0.717) is 18.9 Å². The van der Waals surface area contributed by atoms with Gasteiger partial charge in [0.2, 0.25) is 11.8 Å². The zero-order valence-electron chi connectivity index (χ0n) is 17.1. The molecule has 0 saturated heterocycles. The largest absolute Gasteiger partial charge is 0.356 e. The van der Waals surface area contributed by atoms with Crippen molar-refractivity contribution >= 4 is 27.8 Å². The predicted octanol–water partition coefficient (Wildman–Crippen LogP) is 2.46. The third kappa shape index (κ3) is 8.06. The van der Waals surface area contributed by atoms with Crippen molar-refractivity contribution < 1.29 is 35.5 Å². The Morgan fingerprint density at radius 1 is 1.19 bits per heavy atom. The van der Waals surface area contributed by atoms with Gasteiger partial charge < -0.3 is 15.2 Å². The molecule has 2 N–H and O–H groups in total. The maximum absolute atomic E-state index is 13.3. The van der Waals surface area contributed by atoms with Gasteiger partial charge in [-0.05, 0) is 31.0 Å². The van der Waals surface area contributed by atoms with Gasteiger partial charge in [-0.15, -0.1) is 0 Å². The molecule has 2 rings (SSSR count). The number of amides is 2. The lowest BCUT2D eigenvalue weighted by Gasteiger charge is -2.17. The first-order chi connectivity index (χ1) is 14.5. The molecule has 0 aliphatic heterocycles. The van der Waals surface area contributed by atoms with Gasteiger partial charge in [-0.1, -0.05) is 18.5 Å². The average Bonchev–Trinajstić information content (AvgIpc) is 3.07. The summed E-state index contributed by atoms with van der Waals surface area (Å²) in [7, 11) is -3.72. The molecule has 0 bridgehead atoms. The van der Waals surface area contributed by atoms with Gasteiger partial charge in [-0.3, -0.25) is 13.8 Å². The second-order valence-corrected chi connectivity index (χ2v) is 8.51. The van der Waals surface area contributed by atoms with Gasteiger partial charge in [0.1, 0.15) is 23.8 Å². The van der Waals surface area contributed by atoms with Gasteiger partial charge in [-0.2, -0.15) is 8.42 Å². The van der Waals surface area contributed by atoms with Crippen LogP contribution in [-0.4, -0.2) is 37.7 Å². The number of aromatic nitrogens is 1. The number of anilines is 1. The van der Waals surface area contributed by atoms with Crippen LogP contribution < -0.4 is 10.6 Å². The first kappa shape index (κ1) is 24.4. The highest BCUT2D eigenvalue weighted by atomic mass is 32.2. The van der Waals surface area contributed by atoms with Gasteiger partial charge in [0.05, 0.1) is 12.7 Å². The Labute approximate surface area is 178 Å². The van der Waals surface area contributed by atoms with Crippen LogP contribution in [0.5, 0.6) is 0 Å². The molecule has 1 heterocycles. The van der Waals surface area contributed by atoms with Crippen molar-refractivity contribution in [3.63, 3.8) is 0 Å². The summed E-state index contributed by atoms with van der Waals surface area (Å²) in [5.41, 5.74) is 0.131. The number of carbonyl (C=O) groups is 2. The van der Waals surface area contributed by atoms with Crippen LogP contribution in [0.1, 0.15) is 44.1 Å². The molecular formula is C19H23F2N3O6S. The number of halogens is 2. The summed E-state index contributed by atoms with van der Waals surface area (Å²) >= 11 is 0. The Bertz CT molecular complexity index is 1020. The van der Waals surface area contributed by atoms with Crippen molar-refractivity contribution in [1.82, 2.24) is 10.5 Å². The molecule has 1 aromatic carbocycles. The van der Waals surface area contributed by atoms with Crippen molar-refractivity contribution in [3.8, 4) is 0 Å². The van der Waals surface area contributed by atoms with Crippen molar-refractivity contribution in [2.45, 2.75) is 45.3 Å². The Balaban J connectivity index is 2.01. The van der Waals surface area contributed by atoms with Crippen LogP contribution in [0.4, 0.5) is 14.6 Å². The quantitative estimate of drug-likeness (QED) is 0.523. The molecule has 0 aliphatic rings. The van der Waals surface area contributed by atoms with Crippen LogP contribution in [0.2, 0.25) is 0 Å². The molecule has 0 radical (unpaired) electrons. The molecule has 0 aliphatic carbocycles. The van der Waals surface area contributed by atoms with Crippen LogP contribution in [0.15, 0.2) is 28.8 Å². The van der Waals surface area contributed by atoms with E-state index in [1.807, 2.05) is 6.92 Å². The number of hydrogen-bond acceptors (Lipinski definition) is 7. The number of nitrogens with zero attached hydrogens (tertiary/aromatic N) is 1. The van der Waals surface area contributed by atoms with Gasteiger partial charge >= 0.3 is 0 Å². The molecule has 12 heteroatoms. The minimum absolute atomic E-state index is 0.00602. The highest BCUT2D eigenvalue weighted by molar-refractivity contribution is 7.86. The lowest BCUT2D eigenvalue weighted by molar-refractivity contribution is -0.126. The highest BCUT2D eigenvalue weighted by Crippen LogP contribution is 2.21. The minimum Gasteiger partial charge on any atom is -0.356 e. The summed E-state index contributed by atoms with van der Waals surface area (Å²) < 4.78 is 58.7. The van der Waals surface area contributed by atoms with Crippen LogP contribution in [0.3, 0.4) is 0 Å². The monoisotopic (exact) mass is 459 g/mol. The second kappa shape index (κ2) is 10.4. The molecule has 170 valence electrons. The molecular weight excluding hydrogens is 436 g/mol. The predicted molar refractivity (Wildman–Crippen MR) is 106 cm³/mol. The fourth-order valence-electron chi connectivity index (χ4n) is 2.76. The molecule has 1 aromatic heterocycles. The Kier molecular flexibility index (Phi) is 8.22. The molecule has 0 saturated carbocycles. The van der Waals surface area contributed by atoms with Gasteiger partial charge in [0.15, 0.2) is 11.6 Å². The van der Waals surface area contributed by atoms with Crippen molar-refractivity contribution in [2.75, 3.05) is 11.6 Å². The van der Waals surface area contributed by atoms with E-state index in [2.05, 4.69) is 15.8 Å². The topological polar surface area (TPSA) is 128 Å². The summed E-state index contributed by atoms with van der Waals surface area (Å²) in [5, 5.41) is 8.63. The molecule has 31 heavy (non-hydrogen) atoms. The summed E-state index contributed by atoms with van der Waals surface area (Å²) in [6.07, 6.45) is 0.491. The normalized spacial score (nSPS) is 13.5. The van der Waals surface area contributed by atoms with E-state index >= 15 is 0 Å². The van der Waals surface area contributed by atoms with Crippen molar-refractivity contribution in [3.05, 3.63) is 47.2 Å². The van der Waals surface area contributed by atoms with E-state index in [4.69, 9.17) is 8.71 Å². The fraction of sp³-hybridized carbons (Fsp3) is 0.421. The van der Waals surface area contributed by atoms with Crippen LogP contribution in [0.25, 0.3) is 0 Å². The molecule has 0 fully saturated rings. The fourth-order valence-corrected chi connectivity index (χ4v) is 3.38. The van der Waals surface area contributed by atoms with Crippen molar-refractivity contribution in [2.24, 2.45) is 0 Å². The number of rotatable bonds is 10. The highest BCUT2D eigenvalue weighted by Gasteiger charge is 2.23. The van der Waals surface area contributed by atoms with E-state index in [-0.39, 0.29) is 23.6 Å². The van der Waals surface area contributed by atoms with E-state index in [1.165, 1.54) is 13.0 Å². The number of carbonyl (C=O) groups excluding carboxylic acids is 2. The SMILES string of the molecule is CCC[C@H](NC(=O)Cc1cc(F)cc(F)c1)C(=O)Nc1cc(C(C)OS(C)(=O)=O)on1. The number of hydrogen-bond donors (Lipinski definition) is 2. The van der Waals surface area contributed by atoms with E-state index in [9.17, 15) is 26.8 Å². The number of benzene rings is 1. The Hall–Kier alpha value is -2.86. The maximum atomic E-state index is 13.3. The van der Waals surface area contributed by atoms with Crippen LogP contribution in [0, 0.1) is 11.6 Å². The first-order valence-corrected chi connectivity index (χ1v) is 11.2. The lowest BCUT2D eigenvalue weighted by Crippen LogP contribution is -2.44. The van der Waals surface area contributed by atoms with Gasteiger partial charge in [0, 0.05) is 12.1 Å². The summed E-state index contributed by atoms with van der Waals surface area (Å²) in [6, 6.07) is 3.14. The van der Waals surface area contributed by atoms with Crippen molar-refractivity contribution in [1.29, 1.82) is 0 Å². The Morgan fingerprint density at radius 3 is 2.42 bits per heavy atom. The third-order valence-electron chi connectivity index (χ3n) is 4.02. The Morgan fingerprint density at radius 2 is 1.84 bits per heavy atom. The molecule has 2 atom stereocenters. The zero-order chi connectivity index (χ0) is 23.2. The first-order valence-electron chi connectivity index (χ1n) is 9.37. The molecule has 2 aromatic rings. The number of nitrogens with one attached hydrogen (secondary N) is 2. The maximum Gasteiger partial charge on any atom is 0.265 e. The summed E-state index contributed by atoms with van der Waals surface area (Å²) in [4.78, 5) is 24.8. The van der Waals surface area contributed by atoms with Crippen LogP contribution in [-0.2, 0) is 30.3 Å². The standard InChI is InChI=1S/C19H23F2N3O6S/c1-4-5-15(22-18(25)8-12-6-13(20)9-14(21)7-12)19(26)23-17-10-16(29-24-17)11(2)30-31(3,27)28/h6-7,9-11,15H,4-5,8H2,1-3H3,(H,22,25)(H,23,24,26)/t11?,15-/m0/s1. The van der Waals surface area contributed by atoms with Gasteiger partial charge in [0.25, 0.3) is 10.1 Å². The molecule has 2 amide bonds. The second-order valence-electron chi connectivity index (χ2n) is 6.91. The third-order valence-corrected chi connectivity index (χ3v) is 4.65.